The molecule has 5 heteroatoms. The van der Waals surface area contributed by atoms with Crippen molar-refractivity contribution in [1.82, 2.24) is 5.32 Å². The Labute approximate surface area is 105 Å². The van der Waals surface area contributed by atoms with Crippen LogP contribution in [0.3, 0.4) is 0 Å². The van der Waals surface area contributed by atoms with Crippen molar-refractivity contribution in [2.24, 2.45) is 0 Å². The first-order valence-electron chi connectivity index (χ1n) is 6.55. The molecule has 102 valence electrons. The number of sulfone groups is 1. The maximum absolute atomic E-state index is 12.1. The van der Waals surface area contributed by atoms with Gasteiger partial charge in [-0.3, -0.25) is 0 Å². The number of rotatable bonds is 6. The van der Waals surface area contributed by atoms with Crippen molar-refractivity contribution < 1.29 is 13.5 Å². The van der Waals surface area contributed by atoms with Crippen molar-refractivity contribution in [3.8, 4) is 0 Å². The Balaban J connectivity index is 2.42. The Morgan fingerprint density at radius 2 is 1.82 bits per heavy atom. The van der Waals surface area contributed by atoms with Crippen molar-refractivity contribution >= 4 is 9.84 Å². The molecule has 1 aliphatic carbocycles. The summed E-state index contributed by atoms with van der Waals surface area (Å²) in [5, 5.41) is 12.6. The second kappa shape index (κ2) is 6.71. The fourth-order valence-electron chi connectivity index (χ4n) is 2.26. The zero-order chi connectivity index (χ0) is 12.9. The summed E-state index contributed by atoms with van der Waals surface area (Å²) in [6.45, 7) is 4.30. The van der Waals surface area contributed by atoms with E-state index in [0.717, 1.165) is 32.1 Å². The summed E-state index contributed by atoms with van der Waals surface area (Å²) in [7, 11) is -3.12. The van der Waals surface area contributed by atoms with Gasteiger partial charge in [-0.15, -0.1) is 0 Å². The summed E-state index contributed by atoms with van der Waals surface area (Å²) in [5.74, 6) is -0.0998. The van der Waals surface area contributed by atoms with Crippen molar-refractivity contribution in [2.45, 2.75) is 63.3 Å². The molecular weight excluding hydrogens is 238 g/mol. The molecule has 1 unspecified atom stereocenters. The third-order valence-corrected chi connectivity index (χ3v) is 5.58. The van der Waals surface area contributed by atoms with Crippen LogP contribution in [0.1, 0.15) is 46.0 Å². The molecule has 1 fully saturated rings. The minimum absolute atomic E-state index is 0.0998. The predicted molar refractivity (Wildman–Crippen MR) is 69.8 cm³/mol. The van der Waals surface area contributed by atoms with Gasteiger partial charge < -0.3 is 10.4 Å². The molecule has 0 saturated heterocycles. The second-order valence-electron chi connectivity index (χ2n) is 5.31. The van der Waals surface area contributed by atoms with E-state index in [2.05, 4.69) is 5.32 Å². The van der Waals surface area contributed by atoms with Gasteiger partial charge in [-0.1, -0.05) is 33.1 Å². The molecule has 0 amide bonds. The van der Waals surface area contributed by atoms with Crippen LogP contribution in [0.25, 0.3) is 0 Å². The molecule has 0 aromatic carbocycles. The second-order valence-corrected chi connectivity index (χ2v) is 7.63. The molecule has 0 aromatic rings. The van der Waals surface area contributed by atoms with Crippen LogP contribution in [0, 0.1) is 0 Å². The number of nitrogens with one attached hydrogen (secondary N) is 1. The predicted octanol–water partition coefficient (Wildman–Crippen LogP) is 1.09. The van der Waals surface area contributed by atoms with Crippen LogP contribution in [0.5, 0.6) is 0 Å². The lowest BCUT2D eigenvalue weighted by Gasteiger charge is -2.23. The van der Waals surface area contributed by atoms with Crippen molar-refractivity contribution in [3.05, 3.63) is 0 Å². The number of hydrogen-bond donors (Lipinski definition) is 2. The van der Waals surface area contributed by atoms with Gasteiger partial charge in [-0.25, -0.2) is 8.42 Å². The van der Waals surface area contributed by atoms with Crippen LogP contribution >= 0.6 is 0 Å². The zero-order valence-corrected chi connectivity index (χ0v) is 11.7. The largest absolute Gasteiger partial charge is 0.391 e. The molecule has 0 aromatic heterocycles. The summed E-state index contributed by atoms with van der Waals surface area (Å²) >= 11 is 0. The smallest absolute Gasteiger partial charge is 0.155 e. The van der Waals surface area contributed by atoms with Crippen LogP contribution in [0.15, 0.2) is 0 Å². The zero-order valence-electron chi connectivity index (χ0n) is 10.9. The van der Waals surface area contributed by atoms with E-state index in [1.807, 2.05) is 13.8 Å². The van der Waals surface area contributed by atoms with Gasteiger partial charge >= 0.3 is 0 Å². The topological polar surface area (TPSA) is 66.4 Å². The molecular formula is C12H25NO3S. The van der Waals surface area contributed by atoms with Crippen LogP contribution in [0.2, 0.25) is 0 Å². The summed E-state index contributed by atoms with van der Waals surface area (Å²) < 4.78 is 24.1. The molecule has 1 atom stereocenters. The third kappa shape index (κ3) is 5.36. The van der Waals surface area contributed by atoms with E-state index in [0.29, 0.717) is 6.54 Å². The van der Waals surface area contributed by atoms with E-state index in [1.54, 1.807) is 0 Å². The maximum Gasteiger partial charge on any atom is 0.155 e. The lowest BCUT2D eigenvalue weighted by molar-refractivity contribution is 0.190. The Morgan fingerprint density at radius 1 is 1.24 bits per heavy atom. The summed E-state index contributed by atoms with van der Waals surface area (Å²) in [6.07, 6.45) is 3.90. The van der Waals surface area contributed by atoms with E-state index < -0.39 is 15.9 Å². The quantitative estimate of drug-likeness (QED) is 0.753. The van der Waals surface area contributed by atoms with Gasteiger partial charge in [-0.05, 0) is 12.8 Å². The third-order valence-electron chi connectivity index (χ3n) is 3.25. The highest BCUT2D eigenvalue weighted by Crippen LogP contribution is 2.24. The molecule has 1 aliphatic rings. The first-order chi connectivity index (χ1) is 7.92. The summed E-state index contributed by atoms with van der Waals surface area (Å²) in [6, 6.07) is 0.266. The van der Waals surface area contributed by atoms with Gasteiger partial charge in [0.15, 0.2) is 9.84 Å². The molecule has 0 radical (unpaired) electrons. The fourth-order valence-corrected chi connectivity index (χ4v) is 4.24. The Kier molecular flexibility index (Phi) is 5.89. The van der Waals surface area contributed by atoms with E-state index >= 15 is 0 Å². The first kappa shape index (κ1) is 14.9. The van der Waals surface area contributed by atoms with Crippen molar-refractivity contribution in [2.75, 3.05) is 12.3 Å². The van der Waals surface area contributed by atoms with E-state index in [9.17, 15) is 13.5 Å². The molecule has 0 aliphatic heterocycles. The average Bonchev–Trinajstić information content (AvgIpc) is 2.27. The van der Waals surface area contributed by atoms with Crippen molar-refractivity contribution in [3.63, 3.8) is 0 Å². The highest BCUT2D eigenvalue weighted by molar-refractivity contribution is 7.92. The minimum atomic E-state index is -3.12. The van der Waals surface area contributed by atoms with Gasteiger partial charge in [0, 0.05) is 12.6 Å². The van der Waals surface area contributed by atoms with Gasteiger partial charge in [0.2, 0.25) is 0 Å². The molecule has 2 N–H and O–H groups in total. The van der Waals surface area contributed by atoms with Gasteiger partial charge in [0.05, 0.1) is 17.1 Å². The Hall–Kier alpha value is -0.130. The van der Waals surface area contributed by atoms with E-state index in [-0.39, 0.29) is 17.0 Å². The Bertz CT molecular complexity index is 308. The first-order valence-corrected chi connectivity index (χ1v) is 8.26. The molecule has 0 heterocycles. The fraction of sp³-hybridized carbons (Fsp3) is 1.00. The number of hydrogen-bond acceptors (Lipinski definition) is 4. The molecule has 0 bridgehead atoms. The maximum atomic E-state index is 12.1. The number of aliphatic hydroxyl groups excluding tert-OH is 1. The monoisotopic (exact) mass is 263 g/mol. The standard InChI is InChI=1S/C12H25NO3S/c1-10(2)13-8-11(14)9-17(15,16)12-6-4-3-5-7-12/h10-14H,3-9H2,1-2H3. The molecule has 17 heavy (non-hydrogen) atoms. The highest BCUT2D eigenvalue weighted by Gasteiger charge is 2.29. The van der Waals surface area contributed by atoms with Crippen LogP contribution < -0.4 is 5.32 Å². The lowest BCUT2D eigenvalue weighted by Crippen LogP contribution is -2.38. The van der Waals surface area contributed by atoms with Crippen molar-refractivity contribution in [1.29, 1.82) is 0 Å². The lowest BCUT2D eigenvalue weighted by atomic mass is 10.0. The van der Waals surface area contributed by atoms with Crippen LogP contribution in [0.4, 0.5) is 0 Å². The molecule has 4 nitrogen and oxygen atoms in total. The Morgan fingerprint density at radius 3 is 2.35 bits per heavy atom. The van der Waals surface area contributed by atoms with Gasteiger partial charge in [0.25, 0.3) is 0 Å². The van der Waals surface area contributed by atoms with Gasteiger partial charge in [-0.2, -0.15) is 0 Å². The number of aliphatic hydroxyl groups is 1. The van der Waals surface area contributed by atoms with E-state index in [1.165, 1.54) is 0 Å². The summed E-state index contributed by atoms with van der Waals surface area (Å²) in [4.78, 5) is 0. The summed E-state index contributed by atoms with van der Waals surface area (Å²) in [5.41, 5.74) is 0. The van der Waals surface area contributed by atoms with Crippen LogP contribution in [-0.4, -0.2) is 43.2 Å². The minimum Gasteiger partial charge on any atom is -0.391 e. The highest BCUT2D eigenvalue weighted by atomic mass is 32.2. The van der Waals surface area contributed by atoms with Crippen LogP contribution in [-0.2, 0) is 9.84 Å². The SMILES string of the molecule is CC(C)NCC(O)CS(=O)(=O)C1CCCCC1. The normalized spacial score (nSPS) is 20.7. The van der Waals surface area contributed by atoms with Gasteiger partial charge in [0.1, 0.15) is 0 Å². The molecule has 1 rings (SSSR count). The molecule has 0 spiro atoms. The van der Waals surface area contributed by atoms with E-state index in [4.69, 9.17) is 0 Å². The average molecular weight is 263 g/mol. The molecule has 1 saturated carbocycles.